The van der Waals surface area contributed by atoms with Crippen molar-refractivity contribution < 1.29 is 0 Å². The van der Waals surface area contributed by atoms with Crippen LogP contribution in [-0.2, 0) is 0 Å². The van der Waals surface area contributed by atoms with E-state index in [1.165, 1.54) is 21.9 Å². The van der Waals surface area contributed by atoms with Gasteiger partial charge in [0.1, 0.15) is 16.5 Å². The maximum atomic E-state index is 6.12. The van der Waals surface area contributed by atoms with Crippen LogP contribution in [-0.4, -0.2) is 27.2 Å². The molecule has 96 valence electrons. The van der Waals surface area contributed by atoms with E-state index in [4.69, 9.17) is 10.7 Å². The van der Waals surface area contributed by atoms with Gasteiger partial charge >= 0.3 is 0 Å². The van der Waals surface area contributed by atoms with E-state index in [1.807, 2.05) is 23.5 Å². The number of thioether (sulfide) groups is 2. The summed E-state index contributed by atoms with van der Waals surface area (Å²) < 4.78 is 0. The number of anilines is 1. The molecule has 0 bridgehead atoms. The van der Waals surface area contributed by atoms with E-state index < -0.39 is 0 Å². The van der Waals surface area contributed by atoms with Gasteiger partial charge in [-0.1, -0.05) is 0 Å². The third-order valence-electron chi connectivity index (χ3n) is 3.18. The molecule has 0 radical (unpaired) electrons. The minimum absolute atomic E-state index is 0.401. The zero-order chi connectivity index (χ0) is 12.7. The fourth-order valence-corrected chi connectivity index (χ4v) is 5.72. The van der Waals surface area contributed by atoms with Gasteiger partial charge in [0.05, 0.1) is 10.6 Å². The number of aromatic nitrogens is 2. The molecule has 3 heterocycles. The molecule has 0 aliphatic carbocycles. The Hall–Kier alpha value is -0.460. The number of fused-ring (bicyclic) bond motifs is 1. The first-order valence-corrected chi connectivity index (χ1v) is 8.91. The Labute approximate surface area is 119 Å². The van der Waals surface area contributed by atoms with Crippen LogP contribution in [0.25, 0.3) is 10.2 Å². The van der Waals surface area contributed by atoms with E-state index >= 15 is 0 Å². The van der Waals surface area contributed by atoms with E-state index in [-0.39, 0.29) is 0 Å². The topological polar surface area (TPSA) is 51.8 Å². The molecule has 18 heavy (non-hydrogen) atoms. The minimum atomic E-state index is 0.401. The van der Waals surface area contributed by atoms with E-state index in [9.17, 15) is 0 Å². The van der Waals surface area contributed by atoms with Crippen LogP contribution in [0.5, 0.6) is 0 Å². The van der Waals surface area contributed by atoms with Crippen LogP contribution in [0.1, 0.15) is 21.5 Å². The average Bonchev–Trinajstić information content (AvgIpc) is 2.66. The lowest BCUT2D eigenvalue weighted by Crippen LogP contribution is -2.11. The van der Waals surface area contributed by atoms with Gasteiger partial charge < -0.3 is 5.73 Å². The number of nitrogen functional groups attached to an aromatic ring is 1. The smallest absolute Gasteiger partial charge is 0.146 e. The highest BCUT2D eigenvalue weighted by molar-refractivity contribution is 8.06. The molecular formula is C12H15N3S3. The highest BCUT2D eigenvalue weighted by Gasteiger charge is 2.21. The zero-order valence-corrected chi connectivity index (χ0v) is 12.8. The molecular weight excluding hydrogens is 282 g/mol. The second kappa shape index (κ2) is 4.90. The highest BCUT2D eigenvalue weighted by atomic mass is 32.2. The van der Waals surface area contributed by atoms with Crippen molar-refractivity contribution in [1.29, 1.82) is 0 Å². The van der Waals surface area contributed by atoms with Crippen molar-refractivity contribution >= 4 is 50.9 Å². The standard InChI is InChI=1S/C12H15N3S3/c1-6-7(2)18-12-9(6)10(13)14-11(15-12)8-5-16-3-4-17-8/h8H,3-5H2,1-2H3,(H2,13,14,15). The van der Waals surface area contributed by atoms with Crippen molar-refractivity contribution in [2.24, 2.45) is 0 Å². The van der Waals surface area contributed by atoms with Gasteiger partial charge in [0.2, 0.25) is 0 Å². The fourth-order valence-electron chi connectivity index (χ4n) is 2.08. The molecule has 0 aromatic carbocycles. The summed E-state index contributed by atoms with van der Waals surface area (Å²) in [5.74, 6) is 5.07. The van der Waals surface area contributed by atoms with Crippen molar-refractivity contribution in [2.45, 2.75) is 19.1 Å². The van der Waals surface area contributed by atoms with E-state index in [1.54, 1.807) is 11.3 Å². The number of aryl methyl sites for hydroxylation is 2. The lowest BCUT2D eigenvalue weighted by atomic mass is 10.2. The second-order valence-corrected chi connectivity index (χ2v) is 8.03. The predicted octanol–water partition coefficient (Wildman–Crippen LogP) is 3.41. The SMILES string of the molecule is Cc1sc2nc(C3CSCCS3)nc(N)c2c1C. The molecule has 0 spiro atoms. The third-order valence-corrected chi connectivity index (χ3v) is 7.03. The Balaban J connectivity index is 2.09. The number of nitrogens with zero attached hydrogens (tertiary/aromatic N) is 2. The van der Waals surface area contributed by atoms with Crippen LogP contribution < -0.4 is 5.73 Å². The molecule has 0 saturated carbocycles. The first-order chi connectivity index (χ1) is 8.66. The summed E-state index contributed by atoms with van der Waals surface area (Å²) >= 11 is 5.65. The van der Waals surface area contributed by atoms with E-state index in [0.29, 0.717) is 11.1 Å². The summed E-state index contributed by atoms with van der Waals surface area (Å²) in [6.07, 6.45) is 0. The number of nitrogens with two attached hydrogens (primary N) is 1. The Morgan fingerprint density at radius 2 is 2.06 bits per heavy atom. The molecule has 2 aromatic heterocycles. The van der Waals surface area contributed by atoms with Crippen molar-refractivity contribution in [1.82, 2.24) is 9.97 Å². The minimum Gasteiger partial charge on any atom is -0.383 e. The second-order valence-electron chi connectivity index (χ2n) is 4.36. The van der Waals surface area contributed by atoms with Gasteiger partial charge in [0.15, 0.2) is 0 Å². The molecule has 0 amide bonds. The molecule has 1 atom stereocenters. The summed E-state index contributed by atoms with van der Waals surface area (Å²) in [6, 6.07) is 0. The van der Waals surface area contributed by atoms with E-state index in [0.717, 1.165) is 21.8 Å². The lowest BCUT2D eigenvalue weighted by molar-refractivity contribution is 0.950. The summed E-state index contributed by atoms with van der Waals surface area (Å²) in [4.78, 5) is 11.6. The van der Waals surface area contributed by atoms with Gasteiger partial charge in [-0.2, -0.15) is 11.8 Å². The normalized spacial score (nSPS) is 20.4. The van der Waals surface area contributed by atoms with Crippen molar-refractivity contribution in [2.75, 3.05) is 23.0 Å². The van der Waals surface area contributed by atoms with Crippen LogP contribution in [0.3, 0.4) is 0 Å². The largest absolute Gasteiger partial charge is 0.383 e. The summed E-state index contributed by atoms with van der Waals surface area (Å²) in [5, 5.41) is 1.45. The molecule has 1 aliphatic rings. The van der Waals surface area contributed by atoms with Crippen LogP contribution >= 0.6 is 34.9 Å². The average molecular weight is 297 g/mol. The van der Waals surface area contributed by atoms with Gasteiger partial charge in [-0.15, -0.1) is 23.1 Å². The Morgan fingerprint density at radius 3 is 2.78 bits per heavy atom. The molecule has 1 fully saturated rings. The number of thiophene rings is 1. The van der Waals surface area contributed by atoms with Crippen molar-refractivity contribution in [3.05, 3.63) is 16.3 Å². The highest BCUT2D eigenvalue weighted by Crippen LogP contribution is 2.38. The zero-order valence-electron chi connectivity index (χ0n) is 10.4. The molecule has 1 saturated heterocycles. The van der Waals surface area contributed by atoms with Crippen LogP contribution in [0, 0.1) is 13.8 Å². The number of rotatable bonds is 1. The van der Waals surface area contributed by atoms with Gasteiger partial charge in [0.25, 0.3) is 0 Å². The first kappa shape index (κ1) is 12.6. The number of hydrogen-bond donors (Lipinski definition) is 1. The van der Waals surface area contributed by atoms with Crippen molar-refractivity contribution in [3.63, 3.8) is 0 Å². The van der Waals surface area contributed by atoms with Gasteiger partial charge in [0, 0.05) is 22.1 Å². The third kappa shape index (κ3) is 2.10. The maximum Gasteiger partial charge on any atom is 0.146 e. The Bertz CT molecular complexity index is 588. The molecule has 1 unspecified atom stereocenters. The molecule has 1 aliphatic heterocycles. The van der Waals surface area contributed by atoms with Crippen LogP contribution in [0.4, 0.5) is 5.82 Å². The summed E-state index contributed by atoms with van der Waals surface area (Å²) in [7, 11) is 0. The molecule has 3 nitrogen and oxygen atoms in total. The maximum absolute atomic E-state index is 6.12. The molecule has 3 rings (SSSR count). The Morgan fingerprint density at radius 1 is 1.22 bits per heavy atom. The van der Waals surface area contributed by atoms with Gasteiger partial charge in [-0.05, 0) is 19.4 Å². The lowest BCUT2D eigenvalue weighted by Gasteiger charge is -2.19. The van der Waals surface area contributed by atoms with Crippen molar-refractivity contribution in [3.8, 4) is 0 Å². The fraction of sp³-hybridized carbons (Fsp3) is 0.500. The molecule has 2 aromatic rings. The van der Waals surface area contributed by atoms with Gasteiger partial charge in [-0.25, -0.2) is 9.97 Å². The monoisotopic (exact) mass is 297 g/mol. The predicted molar refractivity (Wildman–Crippen MR) is 83.8 cm³/mol. The molecule has 2 N–H and O–H groups in total. The first-order valence-electron chi connectivity index (χ1n) is 5.89. The molecule has 6 heteroatoms. The van der Waals surface area contributed by atoms with Crippen LogP contribution in [0.15, 0.2) is 0 Å². The summed E-state index contributed by atoms with van der Waals surface area (Å²) in [5.41, 5.74) is 7.34. The number of hydrogen-bond acceptors (Lipinski definition) is 6. The van der Waals surface area contributed by atoms with E-state index in [2.05, 4.69) is 18.8 Å². The van der Waals surface area contributed by atoms with Crippen LogP contribution in [0.2, 0.25) is 0 Å². The van der Waals surface area contributed by atoms with Gasteiger partial charge in [-0.3, -0.25) is 0 Å². The summed E-state index contributed by atoms with van der Waals surface area (Å²) in [6.45, 7) is 4.21. The quantitative estimate of drug-likeness (QED) is 0.874. The Kier molecular flexibility index (Phi) is 3.42.